The molecular formula is C11H17N3O. The van der Waals surface area contributed by atoms with Crippen LogP contribution in [0.4, 0.5) is 0 Å². The van der Waals surface area contributed by atoms with Crippen LogP contribution in [0.25, 0.3) is 0 Å². The summed E-state index contributed by atoms with van der Waals surface area (Å²) in [5.74, 6) is -0.0836. The first-order valence-electron chi connectivity index (χ1n) is 5.05. The van der Waals surface area contributed by atoms with E-state index in [0.717, 1.165) is 12.0 Å². The van der Waals surface area contributed by atoms with Gasteiger partial charge in [0.05, 0.1) is 0 Å². The van der Waals surface area contributed by atoms with Crippen molar-refractivity contribution in [2.24, 2.45) is 11.5 Å². The number of hydrogen-bond donors (Lipinski definition) is 3. The van der Waals surface area contributed by atoms with Crippen molar-refractivity contribution < 1.29 is 4.79 Å². The van der Waals surface area contributed by atoms with E-state index in [2.05, 4.69) is 5.32 Å². The van der Waals surface area contributed by atoms with E-state index in [9.17, 15) is 4.79 Å². The molecule has 0 radical (unpaired) electrons. The van der Waals surface area contributed by atoms with Crippen molar-refractivity contribution in [1.82, 2.24) is 5.32 Å². The van der Waals surface area contributed by atoms with Gasteiger partial charge in [-0.25, -0.2) is 0 Å². The number of nitrogens with two attached hydrogens (primary N) is 2. The fourth-order valence-electron chi connectivity index (χ4n) is 1.28. The SMILES string of the molecule is NCCNC(=O)c1ccc(CCN)cc1. The van der Waals surface area contributed by atoms with Gasteiger partial charge in [0.2, 0.25) is 0 Å². The van der Waals surface area contributed by atoms with Crippen molar-refractivity contribution in [3.05, 3.63) is 35.4 Å². The van der Waals surface area contributed by atoms with Gasteiger partial charge >= 0.3 is 0 Å². The highest BCUT2D eigenvalue weighted by Gasteiger charge is 2.03. The average Bonchev–Trinajstić information content (AvgIpc) is 2.27. The molecule has 1 aromatic rings. The molecule has 1 rings (SSSR count). The van der Waals surface area contributed by atoms with E-state index in [4.69, 9.17) is 11.5 Å². The lowest BCUT2D eigenvalue weighted by Crippen LogP contribution is -2.28. The van der Waals surface area contributed by atoms with Crippen LogP contribution in [0.15, 0.2) is 24.3 Å². The Kier molecular flexibility index (Phi) is 4.80. The molecule has 0 bridgehead atoms. The zero-order valence-electron chi connectivity index (χ0n) is 8.70. The number of hydrogen-bond acceptors (Lipinski definition) is 3. The van der Waals surface area contributed by atoms with Crippen molar-refractivity contribution in [1.29, 1.82) is 0 Å². The van der Waals surface area contributed by atoms with Gasteiger partial charge in [0, 0.05) is 18.7 Å². The van der Waals surface area contributed by atoms with Crippen LogP contribution >= 0.6 is 0 Å². The number of carbonyl (C=O) groups excluding carboxylic acids is 1. The number of carbonyl (C=O) groups is 1. The molecule has 0 spiro atoms. The van der Waals surface area contributed by atoms with Crippen molar-refractivity contribution >= 4 is 5.91 Å². The van der Waals surface area contributed by atoms with E-state index in [1.165, 1.54) is 0 Å². The van der Waals surface area contributed by atoms with Gasteiger partial charge < -0.3 is 16.8 Å². The van der Waals surface area contributed by atoms with Crippen LogP contribution in [0.5, 0.6) is 0 Å². The predicted molar refractivity (Wildman–Crippen MR) is 60.6 cm³/mol. The molecule has 0 saturated heterocycles. The van der Waals surface area contributed by atoms with Gasteiger partial charge in [0.15, 0.2) is 0 Å². The van der Waals surface area contributed by atoms with Crippen LogP contribution in [0, 0.1) is 0 Å². The highest BCUT2D eigenvalue weighted by molar-refractivity contribution is 5.94. The quantitative estimate of drug-likeness (QED) is 0.629. The largest absolute Gasteiger partial charge is 0.351 e. The molecule has 0 atom stereocenters. The number of amides is 1. The lowest BCUT2D eigenvalue weighted by atomic mass is 10.1. The molecule has 0 aliphatic rings. The highest BCUT2D eigenvalue weighted by atomic mass is 16.1. The second-order valence-corrected chi connectivity index (χ2v) is 3.28. The van der Waals surface area contributed by atoms with E-state index < -0.39 is 0 Å². The first-order chi connectivity index (χ1) is 7.27. The fraction of sp³-hybridized carbons (Fsp3) is 0.364. The normalized spacial score (nSPS) is 10.0. The van der Waals surface area contributed by atoms with Gasteiger partial charge in [-0.3, -0.25) is 4.79 Å². The average molecular weight is 207 g/mol. The third-order valence-corrected chi connectivity index (χ3v) is 2.08. The molecule has 82 valence electrons. The van der Waals surface area contributed by atoms with Crippen LogP contribution in [0.2, 0.25) is 0 Å². The van der Waals surface area contributed by atoms with Crippen LogP contribution < -0.4 is 16.8 Å². The standard InChI is InChI=1S/C11H17N3O/c12-6-5-9-1-3-10(4-2-9)11(15)14-8-7-13/h1-4H,5-8,12-13H2,(H,14,15). The first-order valence-corrected chi connectivity index (χ1v) is 5.05. The van der Waals surface area contributed by atoms with Gasteiger partial charge in [0.25, 0.3) is 5.91 Å². The summed E-state index contributed by atoms with van der Waals surface area (Å²) in [6.45, 7) is 1.58. The summed E-state index contributed by atoms with van der Waals surface area (Å²) in [5.41, 5.74) is 12.5. The summed E-state index contributed by atoms with van der Waals surface area (Å²) in [7, 11) is 0. The van der Waals surface area contributed by atoms with Crippen LogP contribution in [0.3, 0.4) is 0 Å². The highest BCUT2D eigenvalue weighted by Crippen LogP contribution is 2.04. The molecule has 0 fully saturated rings. The Labute approximate surface area is 89.6 Å². The number of benzene rings is 1. The molecule has 0 heterocycles. The summed E-state index contributed by atoms with van der Waals surface area (Å²) in [4.78, 5) is 11.5. The third kappa shape index (κ3) is 3.69. The van der Waals surface area contributed by atoms with Crippen LogP contribution in [-0.2, 0) is 6.42 Å². The van der Waals surface area contributed by atoms with E-state index in [0.29, 0.717) is 25.2 Å². The van der Waals surface area contributed by atoms with Gasteiger partial charge in [0.1, 0.15) is 0 Å². The fourth-order valence-corrected chi connectivity index (χ4v) is 1.28. The van der Waals surface area contributed by atoms with E-state index >= 15 is 0 Å². The summed E-state index contributed by atoms with van der Waals surface area (Å²) >= 11 is 0. The summed E-state index contributed by atoms with van der Waals surface area (Å²) < 4.78 is 0. The molecule has 15 heavy (non-hydrogen) atoms. The van der Waals surface area contributed by atoms with Crippen molar-refractivity contribution in [3.8, 4) is 0 Å². The maximum Gasteiger partial charge on any atom is 0.251 e. The Morgan fingerprint density at radius 3 is 2.33 bits per heavy atom. The van der Waals surface area contributed by atoms with E-state index in [1.54, 1.807) is 12.1 Å². The van der Waals surface area contributed by atoms with E-state index in [1.807, 2.05) is 12.1 Å². The van der Waals surface area contributed by atoms with Gasteiger partial charge in [-0.1, -0.05) is 12.1 Å². The second-order valence-electron chi connectivity index (χ2n) is 3.28. The first kappa shape index (κ1) is 11.7. The minimum Gasteiger partial charge on any atom is -0.351 e. The van der Waals surface area contributed by atoms with E-state index in [-0.39, 0.29) is 5.91 Å². The summed E-state index contributed by atoms with van der Waals surface area (Å²) in [6.07, 6.45) is 0.838. The lowest BCUT2D eigenvalue weighted by molar-refractivity contribution is 0.0955. The van der Waals surface area contributed by atoms with Gasteiger partial charge in [-0.15, -0.1) is 0 Å². The lowest BCUT2D eigenvalue weighted by Gasteiger charge is -2.04. The molecule has 0 unspecified atom stereocenters. The minimum atomic E-state index is -0.0836. The molecule has 1 amide bonds. The zero-order chi connectivity index (χ0) is 11.1. The van der Waals surface area contributed by atoms with Crippen LogP contribution in [-0.4, -0.2) is 25.5 Å². The monoisotopic (exact) mass is 207 g/mol. The topological polar surface area (TPSA) is 81.1 Å². The molecular weight excluding hydrogens is 190 g/mol. The molecule has 1 aromatic carbocycles. The third-order valence-electron chi connectivity index (χ3n) is 2.08. The maximum atomic E-state index is 11.5. The molecule has 4 heteroatoms. The Bertz CT molecular complexity index is 308. The zero-order valence-corrected chi connectivity index (χ0v) is 8.70. The molecule has 0 saturated carbocycles. The van der Waals surface area contributed by atoms with Crippen molar-refractivity contribution in [2.75, 3.05) is 19.6 Å². The Balaban J connectivity index is 2.58. The van der Waals surface area contributed by atoms with Crippen molar-refractivity contribution in [3.63, 3.8) is 0 Å². The number of nitrogens with one attached hydrogen (secondary N) is 1. The Morgan fingerprint density at radius 2 is 1.80 bits per heavy atom. The maximum absolute atomic E-state index is 11.5. The predicted octanol–water partition coefficient (Wildman–Crippen LogP) is -0.124. The smallest absolute Gasteiger partial charge is 0.251 e. The molecule has 0 aliphatic heterocycles. The molecule has 0 aliphatic carbocycles. The van der Waals surface area contributed by atoms with Crippen LogP contribution in [0.1, 0.15) is 15.9 Å². The van der Waals surface area contributed by atoms with Gasteiger partial charge in [-0.05, 0) is 30.7 Å². The molecule has 0 aromatic heterocycles. The second kappa shape index (κ2) is 6.16. The van der Waals surface area contributed by atoms with Crippen molar-refractivity contribution in [2.45, 2.75) is 6.42 Å². The Hall–Kier alpha value is -1.39. The molecule has 5 N–H and O–H groups in total. The Morgan fingerprint density at radius 1 is 1.13 bits per heavy atom. The molecule has 4 nitrogen and oxygen atoms in total. The minimum absolute atomic E-state index is 0.0836. The summed E-state index contributed by atoms with van der Waals surface area (Å²) in [6, 6.07) is 7.45. The number of rotatable bonds is 5. The summed E-state index contributed by atoms with van der Waals surface area (Å²) in [5, 5.41) is 2.71. The van der Waals surface area contributed by atoms with Gasteiger partial charge in [-0.2, -0.15) is 0 Å².